The molecule has 84 valence electrons. The van der Waals surface area contributed by atoms with Crippen LogP contribution in [-0.4, -0.2) is 16.8 Å². The summed E-state index contributed by atoms with van der Waals surface area (Å²) < 4.78 is 1.76. The fraction of sp³-hybridized carbons (Fsp3) is 0.182. The van der Waals surface area contributed by atoms with E-state index in [2.05, 4.69) is 10.4 Å². The maximum Gasteiger partial charge on any atom is 0.129 e. The molecule has 1 aromatic carbocycles. The molecule has 5 heteroatoms. The van der Waals surface area contributed by atoms with E-state index in [0.29, 0.717) is 10.0 Å². The quantitative estimate of drug-likeness (QED) is 0.890. The molecule has 0 atom stereocenters. The van der Waals surface area contributed by atoms with Gasteiger partial charge in [0.2, 0.25) is 0 Å². The van der Waals surface area contributed by atoms with E-state index in [0.717, 1.165) is 17.2 Å². The van der Waals surface area contributed by atoms with Crippen LogP contribution < -0.4 is 5.32 Å². The van der Waals surface area contributed by atoms with Gasteiger partial charge >= 0.3 is 0 Å². The third kappa shape index (κ3) is 2.01. The van der Waals surface area contributed by atoms with Crippen LogP contribution in [0.5, 0.6) is 0 Å². The van der Waals surface area contributed by atoms with E-state index in [-0.39, 0.29) is 0 Å². The summed E-state index contributed by atoms with van der Waals surface area (Å²) in [5, 5.41) is 8.62. The number of aryl methyl sites for hydroxylation is 1. The zero-order valence-electron chi connectivity index (χ0n) is 8.96. The fourth-order valence-electron chi connectivity index (χ4n) is 1.51. The van der Waals surface area contributed by atoms with Crippen molar-refractivity contribution >= 4 is 29.0 Å². The zero-order chi connectivity index (χ0) is 11.7. The molecule has 2 rings (SSSR count). The smallest absolute Gasteiger partial charge is 0.129 e. The lowest BCUT2D eigenvalue weighted by molar-refractivity contribution is 0.867. The predicted molar refractivity (Wildman–Crippen MR) is 67.9 cm³/mol. The molecule has 0 spiro atoms. The Kier molecular flexibility index (Phi) is 3.08. The Labute approximate surface area is 104 Å². The van der Waals surface area contributed by atoms with Crippen molar-refractivity contribution < 1.29 is 0 Å². The van der Waals surface area contributed by atoms with E-state index in [1.54, 1.807) is 16.8 Å². The summed E-state index contributed by atoms with van der Waals surface area (Å²) in [6.07, 6.45) is 0. The molecule has 0 amide bonds. The van der Waals surface area contributed by atoms with Crippen LogP contribution in [0.15, 0.2) is 24.3 Å². The lowest BCUT2D eigenvalue weighted by Crippen LogP contribution is -2.02. The number of hydrogen-bond donors (Lipinski definition) is 1. The molecule has 0 aliphatic heterocycles. The van der Waals surface area contributed by atoms with Crippen LogP contribution >= 0.6 is 23.2 Å². The van der Waals surface area contributed by atoms with Crippen molar-refractivity contribution in [3.63, 3.8) is 0 Å². The highest BCUT2D eigenvalue weighted by Crippen LogP contribution is 2.26. The largest absolute Gasteiger partial charge is 0.373 e. The van der Waals surface area contributed by atoms with Crippen LogP contribution in [0.25, 0.3) is 5.69 Å². The maximum atomic E-state index is 6.13. The molecule has 0 fully saturated rings. The van der Waals surface area contributed by atoms with Gasteiger partial charge in [0, 0.05) is 18.1 Å². The average molecular weight is 256 g/mol. The van der Waals surface area contributed by atoms with E-state index in [4.69, 9.17) is 23.2 Å². The first-order valence-electron chi connectivity index (χ1n) is 4.81. The van der Waals surface area contributed by atoms with Gasteiger partial charge in [0.15, 0.2) is 0 Å². The van der Waals surface area contributed by atoms with E-state index >= 15 is 0 Å². The second-order valence-electron chi connectivity index (χ2n) is 3.43. The maximum absolute atomic E-state index is 6.13. The lowest BCUT2D eigenvalue weighted by atomic mass is 10.3. The van der Waals surface area contributed by atoms with Gasteiger partial charge in [0.25, 0.3) is 0 Å². The molecule has 0 saturated heterocycles. The number of benzene rings is 1. The topological polar surface area (TPSA) is 29.9 Å². The summed E-state index contributed by atoms with van der Waals surface area (Å²) in [6, 6.07) is 7.29. The van der Waals surface area contributed by atoms with Crippen molar-refractivity contribution in [2.75, 3.05) is 12.4 Å². The molecule has 16 heavy (non-hydrogen) atoms. The Morgan fingerprint density at radius 1 is 1.25 bits per heavy atom. The SMILES string of the molecule is CNc1cc(C)nn1-c1ccc(Cl)cc1Cl. The highest BCUT2D eigenvalue weighted by atomic mass is 35.5. The minimum atomic E-state index is 0.576. The molecule has 2 aromatic rings. The fourth-order valence-corrected chi connectivity index (χ4v) is 2.00. The highest BCUT2D eigenvalue weighted by Gasteiger charge is 2.09. The van der Waals surface area contributed by atoms with Crippen molar-refractivity contribution in [3.8, 4) is 5.69 Å². The van der Waals surface area contributed by atoms with Crippen LogP contribution in [-0.2, 0) is 0 Å². The Morgan fingerprint density at radius 3 is 2.62 bits per heavy atom. The Bertz CT molecular complexity index is 520. The summed E-state index contributed by atoms with van der Waals surface area (Å²) in [5.74, 6) is 0.890. The molecule has 3 nitrogen and oxygen atoms in total. The summed E-state index contributed by atoms with van der Waals surface area (Å²) in [5.41, 5.74) is 1.74. The Balaban J connectivity index is 2.57. The number of nitrogens with one attached hydrogen (secondary N) is 1. The predicted octanol–water partition coefficient (Wildman–Crippen LogP) is 3.53. The number of halogens is 2. The summed E-state index contributed by atoms with van der Waals surface area (Å²) in [6.45, 7) is 1.93. The third-order valence-corrected chi connectivity index (χ3v) is 2.76. The zero-order valence-corrected chi connectivity index (χ0v) is 10.5. The highest BCUT2D eigenvalue weighted by molar-refractivity contribution is 6.35. The summed E-state index contributed by atoms with van der Waals surface area (Å²) in [4.78, 5) is 0. The molecule has 0 unspecified atom stereocenters. The molecule has 0 radical (unpaired) electrons. The van der Waals surface area contributed by atoms with Gasteiger partial charge in [-0.15, -0.1) is 0 Å². The molecule has 0 aliphatic rings. The second kappa shape index (κ2) is 4.36. The number of nitrogens with zero attached hydrogens (tertiary/aromatic N) is 2. The Hall–Kier alpha value is -1.19. The number of anilines is 1. The summed E-state index contributed by atoms with van der Waals surface area (Å²) >= 11 is 12.0. The molecular formula is C11H11Cl2N3. The van der Waals surface area contributed by atoms with Crippen LogP contribution in [0.2, 0.25) is 10.0 Å². The van der Waals surface area contributed by atoms with E-state index in [1.807, 2.05) is 26.1 Å². The second-order valence-corrected chi connectivity index (χ2v) is 4.27. The minimum Gasteiger partial charge on any atom is -0.373 e. The van der Waals surface area contributed by atoms with Crippen LogP contribution in [0, 0.1) is 6.92 Å². The number of aromatic nitrogens is 2. The van der Waals surface area contributed by atoms with E-state index < -0.39 is 0 Å². The number of hydrogen-bond acceptors (Lipinski definition) is 2. The van der Waals surface area contributed by atoms with Crippen molar-refractivity contribution in [3.05, 3.63) is 40.0 Å². The minimum absolute atomic E-state index is 0.576. The van der Waals surface area contributed by atoms with Crippen molar-refractivity contribution in [1.82, 2.24) is 9.78 Å². The van der Waals surface area contributed by atoms with Crippen molar-refractivity contribution in [2.45, 2.75) is 6.92 Å². The molecule has 1 heterocycles. The van der Waals surface area contributed by atoms with Crippen molar-refractivity contribution in [1.29, 1.82) is 0 Å². The molecule has 0 aliphatic carbocycles. The number of rotatable bonds is 2. The summed E-state index contributed by atoms with van der Waals surface area (Å²) in [7, 11) is 1.84. The van der Waals surface area contributed by atoms with Crippen LogP contribution in [0.1, 0.15) is 5.69 Å². The van der Waals surface area contributed by atoms with Crippen LogP contribution in [0.4, 0.5) is 5.82 Å². The van der Waals surface area contributed by atoms with E-state index in [9.17, 15) is 0 Å². The van der Waals surface area contributed by atoms with E-state index in [1.165, 1.54) is 0 Å². The molecule has 0 bridgehead atoms. The van der Waals surface area contributed by atoms with Gasteiger partial charge in [-0.1, -0.05) is 23.2 Å². The van der Waals surface area contributed by atoms with Crippen LogP contribution in [0.3, 0.4) is 0 Å². The molecular weight excluding hydrogens is 245 g/mol. The Morgan fingerprint density at radius 2 is 2.00 bits per heavy atom. The normalized spacial score (nSPS) is 10.5. The van der Waals surface area contributed by atoms with Gasteiger partial charge in [-0.3, -0.25) is 0 Å². The van der Waals surface area contributed by atoms with Gasteiger partial charge in [-0.05, 0) is 25.1 Å². The monoisotopic (exact) mass is 255 g/mol. The molecule has 1 N–H and O–H groups in total. The van der Waals surface area contributed by atoms with Gasteiger partial charge < -0.3 is 5.32 Å². The van der Waals surface area contributed by atoms with Gasteiger partial charge in [-0.2, -0.15) is 5.10 Å². The first-order chi connectivity index (χ1) is 7.61. The lowest BCUT2D eigenvalue weighted by Gasteiger charge is -2.08. The first-order valence-corrected chi connectivity index (χ1v) is 5.57. The van der Waals surface area contributed by atoms with Gasteiger partial charge in [0.05, 0.1) is 16.4 Å². The molecule has 1 aromatic heterocycles. The average Bonchev–Trinajstić information content (AvgIpc) is 2.59. The first kappa shape index (κ1) is 11.3. The van der Waals surface area contributed by atoms with Crippen molar-refractivity contribution in [2.24, 2.45) is 0 Å². The standard InChI is InChI=1S/C11H11Cl2N3/c1-7-5-11(14-2)16(15-7)10-4-3-8(12)6-9(10)13/h3-6,14H,1-2H3. The van der Waals surface area contributed by atoms with Gasteiger partial charge in [-0.25, -0.2) is 4.68 Å². The third-order valence-electron chi connectivity index (χ3n) is 2.23. The molecule has 0 saturated carbocycles. The van der Waals surface area contributed by atoms with Gasteiger partial charge in [0.1, 0.15) is 5.82 Å².